The summed E-state index contributed by atoms with van der Waals surface area (Å²) >= 11 is 2.11. The number of methoxy groups -OCH3 is 1. The first kappa shape index (κ1) is 18.7. The molecule has 0 heterocycles. The molecular weight excluding hydrogens is 429 g/mol. The van der Waals surface area contributed by atoms with E-state index in [9.17, 15) is 13.2 Å². The number of ether oxygens (including phenoxy) is 1. The second-order valence-corrected chi connectivity index (χ2v) is 8.85. The number of esters is 1. The first-order valence-electron chi connectivity index (χ1n) is 7.78. The first-order chi connectivity index (χ1) is 10.9. The molecule has 0 aliphatic heterocycles. The molecule has 1 aromatic rings. The van der Waals surface area contributed by atoms with Crippen molar-refractivity contribution in [2.45, 2.75) is 49.5 Å². The maximum absolute atomic E-state index is 12.5. The molecule has 0 saturated heterocycles. The van der Waals surface area contributed by atoms with Gasteiger partial charge in [0, 0.05) is 3.57 Å². The Balaban J connectivity index is 2.12. The number of halogens is 1. The zero-order valence-electron chi connectivity index (χ0n) is 13.1. The van der Waals surface area contributed by atoms with E-state index in [1.807, 2.05) is 0 Å². The number of hydrogen-bond donors (Lipinski definition) is 1. The second-order valence-electron chi connectivity index (χ2n) is 5.89. The minimum atomic E-state index is -3.74. The van der Waals surface area contributed by atoms with Gasteiger partial charge in [0.1, 0.15) is 6.04 Å². The summed E-state index contributed by atoms with van der Waals surface area (Å²) < 4.78 is 33.3. The third kappa shape index (κ3) is 5.42. The lowest BCUT2D eigenvalue weighted by Gasteiger charge is -2.25. The maximum atomic E-state index is 12.5. The highest BCUT2D eigenvalue weighted by molar-refractivity contribution is 14.1. The highest BCUT2D eigenvalue weighted by Crippen LogP contribution is 2.28. The van der Waals surface area contributed by atoms with Gasteiger partial charge in [0.15, 0.2) is 0 Å². The van der Waals surface area contributed by atoms with Crippen molar-refractivity contribution >= 4 is 38.6 Å². The molecule has 23 heavy (non-hydrogen) atoms. The number of carbonyl (C=O) groups excluding carboxylic acids is 1. The highest BCUT2D eigenvalue weighted by atomic mass is 127. The van der Waals surface area contributed by atoms with Crippen LogP contribution < -0.4 is 4.72 Å². The van der Waals surface area contributed by atoms with Crippen LogP contribution in [-0.2, 0) is 19.6 Å². The molecule has 128 valence electrons. The van der Waals surface area contributed by atoms with E-state index in [-0.39, 0.29) is 4.90 Å². The van der Waals surface area contributed by atoms with Crippen molar-refractivity contribution in [1.29, 1.82) is 0 Å². The Labute approximate surface area is 151 Å². The van der Waals surface area contributed by atoms with E-state index < -0.39 is 22.0 Å². The lowest BCUT2D eigenvalue weighted by atomic mass is 9.85. The van der Waals surface area contributed by atoms with Crippen LogP contribution in [0.3, 0.4) is 0 Å². The summed E-state index contributed by atoms with van der Waals surface area (Å²) in [5.74, 6) is -0.156. The van der Waals surface area contributed by atoms with Crippen molar-refractivity contribution in [3.63, 3.8) is 0 Å². The average Bonchev–Trinajstić information content (AvgIpc) is 2.54. The van der Waals surface area contributed by atoms with Gasteiger partial charge in [0.05, 0.1) is 12.0 Å². The molecule has 1 N–H and O–H groups in total. The Morgan fingerprint density at radius 1 is 1.26 bits per heavy atom. The smallest absolute Gasteiger partial charge is 0.323 e. The fraction of sp³-hybridized carbons (Fsp3) is 0.562. The van der Waals surface area contributed by atoms with Crippen LogP contribution in [0.2, 0.25) is 0 Å². The van der Waals surface area contributed by atoms with Gasteiger partial charge in [0.25, 0.3) is 0 Å². The van der Waals surface area contributed by atoms with E-state index in [2.05, 4.69) is 27.3 Å². The van der Waals surface area contributed by atoms with E-state index in [1.54, 1.807) is 24.3 Å². The normalized spacial score (nSPS) is 17.7. The molecule has 1 fully saturated rings. The molecular formula is C16H22INO4S. The number of nitrogens with one attached hydrogen (secondary N) is 1. The van der Waals surface area contributed by atoms with Gasteiger partial charge < -0.3 is 4.74 Å². The largest absolute Gasteiger partial charge is 0.468 e. The molecule has 1 saturated carbocycles. The van der Waals surface area contributed by atoms with Crippen molar-refractivity contribution in [3.8, 4) is 0 Å². The minimum Gasteiger partial charge on any atom is -0.468 e. The molecule has 0 amide bonds. The van der Waals surface area contributed by atoms with Crippen molar-refractivity contribution in [1.82, 2.24) is 4.72 Å². The zero-order valence-corrected chi connectivity index (χ0v) is 16.1. The third-order valence-corrected chi connectivity index (χ3v) is 6.41. The van der Waals surface area contributed by atoms with Crippen LogP contribution in [0.25, 0.3) is 0 Å². The lowest BCUT2D eigenvalue weighted by Crippen LogP contribution is -2.42. The van der Waals surface area contributed by atoms with Crippen molar-refractivity contribution in [2.24, 2.45) is 5.92 Å². The predicted octanol–water partition coefficient (Wildman–Crippen LogP) is 3.08. The summed E-state index contributed by atoms with van der Waals surface area (Å²) in [6.07, 6.45) is 6.08. The van der Waals surface area contributed by atoms with Gasteiger partial charge >= 0.3 is 5.97 Å². The minimum absolute atomic E-state index is 0.162. The SMILES string of the molecule is COC(=O)C(CC1CCCCC1)NS(=O)(=O)c1ccc(I)cc1. The standard InChI is InChI=1S/C16H22INO4S/c1-22-16(19)15(11-12-5-3-2-4-6-12)18-23(20,21)14-9-7-13(17)8-10-14/h7-10,12,15,18H,2-6,11H2,1H3. The molecule has 1 aliphatic carbocycles. The van der Waals surface area contributed by atoms with E-state index in [0.29, 0.717) is 12.3 Å². The molecule has 1 aromatic carbocycles. The molecule has 0 radical (unpaired) electrons. The summed E-state index contributed by atoms with van der Waals surface area (Å²) in [5.41, 5.74) is 0. The number of benzene rings is 1. The maximum Gasteiger partial charge on any atom is 0.323 e. The van der Waals surface area contributed by atoms with Gasteiger partial charge in [-0.2, -0.15) is 4.72 Å². The lowest BCUT2D eigenvalue weighted by molar-refractivity contribution is -0.143. The second kappa shape index (κ2) is 8.43. The highest BCUT2D eigenvalue weighted by Gasteiger charge is 2.29. The molecule has 2 rings (SSSR count). The van der Waals surface area contributed by atoms with Crippen molar-refractivity contribution < 1.29 is 17.9 Å². The van der Waals surface area contributed by atoms with Crippen LogP contribution in [0.15, 0.2) is 29.2 Å². The molecule has 7 heteroatoms. The topological polar surface area (TPSA) is 72.5 Å². The van der Waals surface area contributed by atoms with Gasteiger partial charge in [-0.3, -0.25) is 4.79 Å². The van der Waals surface area contributed by atoms with Crippen LogP contribution >= 0.6 is 22.6 Å². The number of hydrogen-bond acceptors (Lipinski definition) is 4. The molecule has 1 atom stereocenters. The van der Waals surface area contributed by atoms with Crippen LogP contribution in [0.1, 0.15) is 38.5 Å². The van der Waals surface area contributed by atoms with E-state index >= 15 is 0 Å². The Morgan fingerprint density at radius 2 is 1.87 bits per heavy atom. The first-order valence-corrected chi connectivity index (χ1v) is 10.3. The fourth-order valence-corrected chi connectivity index (χ4v) is 4.52. The summed E-state index contributed by atoms with van der Waals surface area (Å²) in [6, 6.07) is 5.71. The van der Waals surface area contributed by atoms with E-state index in [4.69, 9.17) is 4.74 Å². The molecule has 0 bridgehead atoms. The van der Waals surface area contributed by atoms with Crippen molar-refractivity contribution in [2.75, 3.05) is 7.11 Å². The molecule has 5 nitrogen and oxygen atoms in total. The Kier molecular flexibility index (Phi) is 6.84. The quantitative estimate of drug-likeness (QED) is 0.533. The Hall–Kier alpha value is -0.670. The summed E-state index contributed by atoms with van der Waals surface area (Å²) in [6.45, 7) is 0. The van der Waals surface area contributed by atoms with Gasteiger partial charge in [-0.15, -0.1) is 0 Å². The molecule has 0 aromatic heterocycles. The van der Waals surface area contributed by atoms with Gasteiger partial charge in [-0.05, 0) is 59.2 Å². The van der Waals surface area contributed by atoms with Gasteiger partial charge in [-0.25, -0.2) is 8.42 Å². The summed E-state index contributed by atoms with van der Waals surface area (Å²) in [7, 11) is -2.45. The monoisotopic (exact) mass is 451 g/mol. The van der Waals surface area contributed by atoms with Gasteiger partial charge in [0.2, 0.25) is 10.0 Å². The van der Waals surface area contributed by atoms with Crippen LogP contribution in [0, 0.1) is 9.49 Å². The Morgan fingerprint density at radius 3 is 2.43 bits per heavy atom. The predicted molar refractivity (Wildman–Crippen MR) is 96.5 cm³/mol. The molecule has 1 unspecified atom stereocenters. The van der Waals surface area contributed by atoms with Crippen LogP contribution in [0.4, 0.5) is 0 Å². The molecule has 1 aliphatic rings. The fourth-order valence-electron chi connectivity index (χ4n) is 2.96. The number of carbonyl (C=O) groups is 1. The van der Waals surface area contributed by atoms with Gasteiger partial charge in [-0.1, -0.05) is 32.1 Å². The summed E-state index contributed by atoms with van der Waals surface area (Å²) in [4.78, 5) is 12.2. The Bertz CT molecular complexity index is 624. The molecule has 0 spiro atoms. The number of rotatable bonds is 6. The number of sulfonamides is 1. The van der Waals surface area contributed by atoms with Crippen molar-refractivity contribution in [3.05, 3.63) is 27.8 Å². The van der Waals surface area contributed by atoms with Crippen LogP contribution in [0.5, 0.6) is 0 Å². The average molecular weight is 451 g/mol. The van der Waals surface area contributed by atoms with E-state index in [1.165, 1.54) is 13.5 Å². The zero-order chi connectivity index (χ0) is 16.9. The summed E-state index contributed by atoms with van der Waals surface area (Å²) in [5, 5.41) is 0. The van der Waals surface area contributed by atoms with Crippen LogP contribution in [-0.4, -0.2) is 27.5 Å². The van der Waals surface area contributed by atoms with E-state index in [0.717, 1.165) is 29.3 Å². The third-order valence-electron chi connectivity index (χ3n) is 4.20.